The summed E-state index contributed by atoms with van der Waals surface area (Å²) in [7, 11) is 0. The van der Waals surface area contributed by atoms with Gasteiger partial charge in [-0.05, 0) is 6.42 Å². The second-order valence-electron chi connectivity index (χ2n) is 2.07. The van der Waals surface area contributed by atoms with Crippen LogP contribution in [0, 0.1) is 5.92 Å². The van der Waals surface area contributed by atoms with E-state index in [2.05, 4.69) is 15.9 Å². The molecule has 2 atom stereocenters. The van der Waals surface area contributed by atoms with E-state index in [0.29, 0.717) is 11.8 Å². The van der Waals surface area contributed by atoms with E-state index in [-0.39, 0.29) is 0 Å². The van der Waals surface area contributed by atoms with Crippen molar-refractivity contribution in [3.63, 3.8) is 0 Å². The van der Waals surface area contributed by atoms with Gasteiger partial charge in [-0.1, -0.05) is 22.9 Å². The number of aliphatic hydroxyl groups is 1. The fraction of sp³-hybridized carbons (Fsp3) is 0.833. The maximum absolute atomic E-state index is 10.4. The van der Waals surface area contributed by atoms with Crippen LogP contribution in [0.15, 0.2) is 0 Å². The summed E-state index contributed by atoms with van der Waals surface area (Å²) in [6.45, 7) is 1.74. The SMILES string of the molecule is CC[C@H](C(=O)O)C(O)CBr. The molecule has 0 aromatic heterocycles. The molecule has 0 bridgehead atoms. The Balaban J connectivity index is 3.92. The Kier molecular flexibility index (Phi) is 4.64. The van der Waals surface area contributed by atoms with Crippen molar-refractivity contribution >= 4 is 21.9 Å². The van der Waals surface area contributed by atoms with Crippen LogP contribution in [0.4, 0.5) is 0 Å². The fourth-order valence-electron chi connectivity index (χ4n) is 0.719. The summed E-state index contributed by atoms with van der Waals surface area (Å²) in [6, 6.07) is 0. The molecule has 0 aliphatic heterocycles. The number of hydrogen-bond acceptors (Lipinski definition) is 2. The molecule has 0 aliphatic rings. The fourth-order valence-corrected chi connectivity index (χ4v) is 1.17. The van der Waals surface area contributed by atoms with E-state index in [1.165, 1.54) is 0 Å². The number of carbonyl (C=O) groups is 1. The van der Waals surface area contributed by atoms with Gasteiger partial charge in [-0.25, -0.2) is 0 Å². The first-order chi connectivity index (χ1) is 4.63. The smallest absolute Gasteiger partial charge is 0.309 e. The number of hydrogen-bond donors (Lipinski definition) is 2. The van der Waals surface area contributed by atoms with Crippen LogP contribution < -0.4 is 0 Å². The van der Waals surface area contributed by atoms with Gasteiger partial charge in [0, 0.05) is 5.33 Å². The molecule has 0 aromatic carbocycles. The number of aliphatic carboxylic acids is 1. The predicted molar refractivity (Wildman–Crippen MR) is 41.2 cm³/mol. The second-order valence-corrected chi connectivity index (χ2v) is 2.72. The van der Waals surface area contributed by atoms with Gasteiger partial charge in [0.25, 0.3) is 0 Å². The highest BCUT2D eigenvalue weighted by Gasteiger charge is 2.22. The van der Waals surface area contributed by atoms with Crippen LogP contribution >= 0.6 is 15.9 Å². The van der Waals surface area contributed by atoms with Gasteiger partial charge < -0.3 is 10.2 Å². The number of rotatable bonds is 4. The first-order valence-corrected chi connectivity index (χ1v) is 4.22. The maximum atomic E-state index is 10.4. The van der Waals surface area contributed by atoms with Gasteiger partial charge in [-0.3, -0.25) is 4.79 Å². The summed E-state index contributed by atoms with van der Waals surface area (Å²) >= 11 is 3.01. The summed E-state index contributed by atoms with van der Waals surface area (Å²) in [5.41, 5.74) is 0. The Morgan fingerprint density at radius 3 is 2.30 bits per heavy atom. The lowest BCUT2D eigenvalue weighted by Gasteiger charge is -2.13. The zero-order chi connectivity index (χ0) is 8.15. The predicted octanol–water partition coefficient (Wildman–Crippen LogP) is 0.853. The van der Waals surface area contributed by atoms with E-state index in [9.17, 15) is 4.79 Å². The van der Waals surface area contributed by atoms with E-state index in [0.717, 1.165) is 0 Å². The van der Waals surface area contributed by atoms with Crippen molar-refractivity contribution in [2.24, 2.45) is 5.92 Å². The maximum Gasteiger partial charge on any atom is 0.309 e. The molecule has 0 rings (SSSR count). The quantitative estimate of drug-likeness (QED) is 0.678. The highest BCUT2D eigenvalue weighted by Crippen LogP contribution is 2.10. The Morgan fingerprint density at radius 1 is 1.70 bits per heavy atom. The molecule has 0 spiro atoms. The van der Waals surface area contributed by atoms with Crippen molar-refractivity contribution in [1.82, 2.24) is 0 Å². The molecule has 0 heterocycles. The molecule has 0 saturated heterocycles. The Bertz CT molecular complexity index is 116. The number of aliphatic hydroxyl groups excluding tert-OH is 1. The molecule has 2 N–H and O–H groups in total. The van der Waals surface area contributed by atoms with E-state index in [4.69, 9.17) is 10.2 Å². The molecule has 1 unspecified atom stereocenters. The van der Waals surface area contributed by atoms with E-state index in [1.54, 1.807) is 6.92 Å². The van der Waals surface area contributed by atoms with Crippen LogP contribution in [-0.4, -0.2) is 27.6 Å². The summed E-state index contributed by atoms with van der Waals surface area (Å²) in [5, 5.41) is 17.9. The van der Waals surface area contributed by atoms with Gasteiger partial charge in [0.1, 0.15) is 0 Å². The average Bonchev–Trinajstić information content (AvgIpc) is 1.88. The van der Waals surface area contributed by atoms with Crippen molar-refractivity contribution in [3.8, 4) is 0 Å². The van der Waals surface area contributed by atoms with Crippen LogP contribution in [0.25, 0.3) is 0 Å². The molecule has 10 heavy (non-hydrogen) atoms. The first-order valence-electron chi connectivity index (χ1n) is 3.10. The molecule has 0 saturated carbocycles. The monoisotopic (exact) mass is 210 g/mol. The van der Waals surface area contributed by atoms with E-state index in [1.807, 2.05) is 0 Å². The molecular weight excluding hydrogens is 200 g/mol. The first kappa shape index (κ1) is 9.91. The van der Waals surface area contributed by atoms with Gasteiger partial charge in [0.2, 0.25) is 0 Å². The zero-order valence-corrected chi connectivity index (χ0v) is 7.34. The van der Waals surface area contributed by atoms with Gasteiger partial charge in [-0.15, -0.1) is 0 Å². The highest BCUT2D eigenvalue weighted by atomic mass is 79.9. The van der Waals surface area contributed by atoms with Crippen molar-refractivity contribution in [2.45, 2.75) is 19.4 Å². The Hall–Kier alpha value is -0.0900. The summed E-state index contributed by atoms with van der Waals surface area (Å²) in [5.74, 6) is -1.58. The number of alkyl halides is 1. The van der Waals surface area contributed by atoms with Crippen LogP contribution in [0.5, 0.6) is 0 Å². The summed E-state index contributed by atoms with van der Waals surface area (Å²) < 4.78 is 0. The molecule has 0 aliphatic carbocycles. The Morgan fingerprint density at radius 2 is 2.20 bits per heavy atom. The van der Waals surface area contributed by atoms with Crippen molar-refractivity contribution in [1.29, 1.82) is 0 Å². The molecular formula is C6H11BrO3. The molecule has 0 aromatic rings. The lowest BCUT2D eigenvalue weighted by Crippen LogP contribution is -2.28. The van der Waals surface area contributed by atoms with E-state index < -0.39 is 18.0 Å². The minimum absolute atomic E-state index is 0.317. The lowest BCUT2D eigenvalue weighted by atomic mass is 10.0. The molecule has 0 fully saturated rings. The lowest BCUT2D eigenvalue weighted by molar-refractivity contribution is -0.145. The van der Waals surface area contributed by atoms with Crippen LogP contribution in [0.1, 0.15) is 13.3 Å². The minimum Gasteiger partial charge on any atom is -0.481 e. The molecule has 60 valence electrons. The highest BCUT2D eigenvalue weighted by molar-refractivity contribution is 9.09. The van der Waals surface area contributed by atoms with Gasteiger partial charge >= 0.3 is 5.97 Å². The standard InChI is InChI=1S/C6H11BrO3/c1-2-4(6(9)10)5(8)3-7/h4-5,8H,2-3H2,1H3,(H,9,10)/t4-,5?/m0/s1. The molecule has 4 heteroatoms. The van der Waals surface area contributed by atoms with Crippen LogP contribution in [0.3, 0.4) is 0 Å². The van der Waals surface area contributed by atoms with Gasteiger partial charge in [0.05, 0.1) is 12.0 Å². The largest absolute Gasteiger partial charge is 0.481 e. The normalized spacial score (nSPS) is 16.3. The van der Waals surface area contributed by atoms with Crippen molar-refractivity contribution < 1.29 is 15.0 Å². The third kappa shape index (κ3) is 2.66. The minimum atomic E-state index is -0.936. The molecule has 3 nitrogen and oxygen atoms in total. The Labute approximate surface area is 68.2 Å². The topological polar surface area (TPSA) is 57.5 Å². The number of carboxylic acids is 1. The van der Waals surface area contributed by atoms with Crippen LogP contribution in [-0.2, 0) is 4.79 Å². The number of halogens is 1. The third-order valence-corrected chi connectivity index (χ3v) is 2.04. The second kappa shape index (κ2) is 4.68. The van der Waals surface area contributed by atoms with E-state index >= 15 is 0 Å². The van der Waals surface area contributed by atoms with Gasteiger partial charge in [0.15, 0.2) is 0 Å². The zero-order valence-electron chi connectivity index (χ0n) is 5.75. The number of carboxylic acid groups (broad SMARTS) is 1. The average molecular weight is 211 g/mol. The van der Waals surface area contributed by atoms with Crippen molar-refractivity contribution in [3.05, 3.63) is 0 Å². The van der Waals surface area contributed by atoms with Crippen molar-refractivity contribution in [2.75, 3.05) is 5.33 Å². The molecule has 0 amide bonds. The third-order valence-electron chi connectivity index (χ3n) is 1.38. The van der Waals surface area contributed by atoms with Gasteiger partial charge in [-0.2, -0.15) is 0 Å². The van der Waals surface area contributed by atoms with Crippen LogP contribution in [0.2, 0.25) is 0 Å². The molecule has 0 radical (unpaired) electrons. The summed E-state index contributed by atoms with van der Waals surface area (Å²) in [4.78, 5) is 10.4. The summed E-state index contributed by atoms with van der Waals surface area (Å²) in [6.07, 6.45) is -0.315.